The van der Waals surface area contributed by atoms with Crippen molar-refractivity contribution in [2.45, 2.75) is 30.8 Å². The molecule has 5 nitrogen and oxygen atoms in total. The zero-order valence-corrected chi connectivity index (χ0v) is 22.4. The number of halogens is 4. The topological polar surface area (TPSA) is 57.7 Å². The van der Waals surface area contributed by atoms with Gasteiger partial charge in [0, 0.05) is 47.5 Å². The second-order valence-electron chi connectivity index (χ2n) is 8.84. The van der Waals surface area contributed by atoms with Gasteiger partial charge in [-0.1, -0.05) is 29.3 Å². The molecule has 0 saturated carbocycles. The Morgan fingerprint density at radius 1 is 0.973 bits per heavy atom. The molecule has 1 aliphatic heterocycles. The standard InChI is InChI=1S/C27H24Cl2F2N2O3S/c1-16-17(2)33(11-10-32(16)21-5-3-4-19(28)13-21)27(35)18-6-9-26(23(29)12-18)37(36)15-25(34)22-8-7-20(30)14-24(22)31/h3-9,12-14,16-17H,10-11,15H2,1-2H3/t16-,17-,37?/m0/s1. The number of anilines is 1. The first kappa shape index (κ1) is 27.2. The molecule has 1 fully saturated rings. The van der Waals surface area contributed by atoms with Gasteiger partial charge in [0.25, 0.3) is 5.91 Å². The van der Waals surface area contributed by atoms with Crippen LogP contribution in [0, 0.1) is 11.6 Å². The quantitative estimate of drug-likeness (QED) is 0.344. The van der Waals surface area contributed by atoms with Gasteiger partial charge in [0.1, 0.15) is 11.6 Å². The third-order valence-electron chi connectivity index (χ3n) is 6.58. The molecule has 10 heteroatoms. The van der Waals surface area contributed by atoms with Crippen molar-refractivity contribution in [3.8, 4) is 0 Å². The second-order valence-corrected chi connectivity index (χ2v) is 11.1. The predicted octanol–water partition coefficient (Wildman–Crippen LogP) is 6.00. The summed E-state index contributed by atoms with van der Waals surface area (Å²) in [6.07, 6.45) is 0. The number of hydrogen-bond donors (Lipinski definition) is 0. The Labute approximate surface area is 226 Å². The van der Waals surface area contributed by atoms with Gasteiger partial charge in [-0.3, -0.25) is 13.8 Å². The first-order valence-electron chi connectivity index (χ1n) is 11.6. The van der Waals surface area contributed by atoms with Crippen LogP contribution >= 0.6 is 23.2 Å². The Kier molecular flexibility index (Phi) is 8.31. The molecule has 3 atom stereocenters. The monoisotopic (exact) mass is 564 g/mol. The average Bonchev–Trinajstić information content (AvgIpc) is 2.85. The van der Waals surface area contributed by atoms with Crippen LogP contribution in [0.2, 0.25) is 10.0 Å². The highest BCUT2D eigenvalue weighted by molar-refractivity contribution is 7.86. The van der Waals surface area contributed by atoms with E-state index in [-0.39, 0.29) is 33.5 Å². The molecule has 1 unspecified atom stereocenters. The fourth-order valence-electron chi connectivity index (χ4n) is 4.42. The van der Waals surface area contributed by atoms with Gasteiger partial charge < -0.3 is 9.80 Å². The van der Waals surface area contributed by atoms with E-state index in [0.717, 1.165) is 17.8 Å². The summed E-state index contributed by atoms with van der Waals surface area (Å²) < 4.78 is 39.8. The van der Waals surface area contributed by atoms with Gasteiger partial charge in [0.15, 0.2) is 5.78 Å². The number of Topliss-reactive ketones (excluding diaryl/α,β-unsaturated/α-hetero) is 1. The van der Waals surface area contributed by atoms with Crippen molar-refractivity contribution in [1.82, 2.24) is 4.90 Å². The lowest BCUT2D eigenvalue weighted by Crippen LogP contribution is -2.59. The van der Waals surface area contributed by atoms with E-state index in [1.807, 2.05) is 38.1 Å². The fraction of sp³-hybridized carbons (Fsp3) is 0.259. The maximum absolute atomic E-state index is 13.9. The fourth-order valence-corrected chi connectivity index (χ4v) is 6.09. The van der Waals surface area contributed by atoms with Gasteiger partial charge in [0.2, 0.25) is 0 Å². The van der Waals surface area contributed by atoms with E-state index < -0.39 is 34.0 Å². The number of ketones is 1. The summed E-state index contributed by atoms with van der Waals surface area (Å²) in [7, 11) is -1.89. The molecule has 4 rings (SSSR count). The third-order valence-corrected chi connectivity index (χ3v) is 8.61. The summed E-state index contributed by atoms with van der Waals surface area (Å²) in [6.45, 7) is 5.13. The van der Waals surface area contributed by atoms with Crippen molar-refractivity contribution >= 4 is 51.4 Å². The van der Waals surface area contributed by atoms with Gasteiger partial charge in [0.05, 0.1) is 32.0 Å². The molecule has 1 saturated heterocycles. The number of piperazine rings is 1. The van der Waals surface area contributed by atoms with Crippen molar-refractivity contribution in [3.63, 3.8) is 0 Å². The van der Waals surface area contributed by atoms with Crippen LogP contribution in [0.15, 0.2) is 65.6 Å². The highest BCUT2D eigenvalue weighted by Crippen LogP contribution is 2.29. The number of hydrogen-bond acceptors (Lipinski definition) is 4. The zero-order chi connectivity index (χ0) is 26.9. The van der Waals surface area contributed by atoms with Crippen LogP contribution in [0.1, 0.15) is 34.6 Å². The summed E-state index contributed by atoms with van der Waals surface area (Å²) in [5.74, 6) is -3.32. The summed E-state index contributed by atoms with van der Waals surface area (Å²) in [4.78, 5) is 29.9. The van der Waals surface area contributed by atoms with Gasteiger partial charge in [-0.2, -0.15) is 0 Å². The second kappa shape index (κ2) is 11.3. The Morgan fingerprint density at radius 3 is 2.41 bits per heavy atom. The molecule has 0 aliphatic carbocycles. The maximum Gasteiger partial charge on any atom is 0.254 e. The minimum atomic E-state index is -1.89. The van der Waals surface area contributed by atoms with Crippen LogP contribution in [-0.4, -0.2) is 51.7 Å². The van der Waals surface area contributed by atoms with E-state index in [4.69, 9.17) is 23.2 Å². The normalized spacial score (nSPS) is 18.5. The highest BCUT2D eigenvalue weighted by atomic mass is 35.5. The van der Waals surface area contributed by atoms with Gasteiger partial charge in [-0.05, 0) is 62.4 Å². The van der Waals surface area contributed by atoms with Crippen LogP contribution in [-0.2, 0) is 10.8 Å². The minimum absolute atomic E-state index is 0.0243. The summed E-state index contributed by atoms with van der Waals surface area (Å²) in [5.41, 5.74) is 0.971. The summed E-state index contributed by atoms with van der Waals surface area (Å²) in [5, 5.41) is 0.710. The van der Waals surface area contributed by atoms with Crippen LogP contribution in [0.25, 0.3) is 0 Å². The molecule has 3 aromatic rings. The van der Waals surface area contributed by atoms with Crippen molar-refractivity contribution in [1.29, 1.82) is 0 Å². The number of benzene rings is 3. The number of carbonyl (C=O) groups is 2. The van der Waals surface area contributed by atoms with E-state index in [0.29, 0.717) is 29.7 Å². The van der Waals surface area contributed by atoms with E-state index in [9.17, 15) is 22.6 Å². The maximum atomic E-state index is 13.9. The molecule has 1 aliphatic rings. The zero-order valence-electron chi connectivity index (χ0n) is 20.1. The molecule has 0 bridgehead atoms. The molecule has 1 heterocycles. The number of carbonyl (C=O) groups excluding carboxylic acids is 2. The molecule has 1 amide bonds. The first-order chi connectivity index (χ1) is 17.6. The molecular formula is C27H24Cl2F2N2O3S. The number of rotatable bonds is 6. The van der Waals surface area contributed by atoms with Crippen molar-refractivity contribution in [2.75, 3.05) is 23.7 Å². The minimum Gasteiger partial charge on any atom is -0.365 e. The van der Waals surface area contributed by atoms with Crippen molar-refractivity contribution in [3.05, 3.63) is 93.5 Å². The molecule has 3 aromatic carbocycles. The van der Waals surface area contributed by atoms with Gasteiger partial charge in [-0.25, -0.2) is 8.78 Å². The lowest BCUT2D eigenvalue weighted by Gasteiger charge is -2.46. The van der Waals surface area contributed by atoms with Crippen LogP contribution in [0.5, 0.6) is 0 Å². The molecule has 37 heavy (non-hydrogen) atoms. The van der Waals surface area contributed by atoms with E-state index >= 15 is 0 Å². The lowest BCUT2D eigenvalue weighted by atomic mass is 10.0. The van der Waals surface area contributed by atoms with Crippen LogP contribution in [0.3, 0.4) is 0 Å². The molecule has 194 valence electrons. The Bertz CT molecular complexity index is 1390. The first-order valence-corrected chi connectivity index (χ1v) is 13.6. The molecular weight excluding hydrogens is 541 g/mol. The number of nitrogens with zero attached hydrogens (tertiary/aromatic N) is 2. The number of amides is 1. The predicted molar refractivity (Wildman–Crippen MR) is 142 cm³/mol. The largest absolute Gasteiger partial charge is 0.365 e. The van der Waals surface area contributed by atoms with E-state index in [1.165, 1.54) is 18.2 Å². The van der Waals surface area contributed by atoms with Crippen molar-refractivity contribution in [2.24, 2.45) is 0 Å². The molecule has 0 aromatic heterocycles. The molecule has 0 spiro atoms. The Hall–Kier alpha value is -2.81. The van der Waals surface area contributed by atoms with Crippen LogP contribution < -0.4 is 4.90 Å². The van der Waals surface area contributed by atoms with E-state index in [1.54, 1.807) is 4.90 Å². The third kappa shape index (κ3) is 5.87. The molecule has 0 N–H and O–H groups in total. The van der Waals surface area contributed by atoms with Crippen molar-refractivity contribution < 1.29 is 22.6 Å². The summed E-state index contributed by atoms with van der Waals surface area (Å²) >= 11 is 12.5. The Morgan fingerprint density at radius 2 is 1.73 bits per heavy atom. The van der Waals surface area contributed by atoms with E-state index in [2.05, 4.69) is 4.90 Å². The summed E-state index contributed by atoms with van der Waals surface area (Å²) in [6, 6.07) is 14.5. The Balaban J connectivity index is 1.46. The molecule has 0 radical (unpaired) electrons. The lowest BCUT2D eigenvalue weighted by molar-refractivity contribution is 0.0634. The van der Waals surface area contributed by atoms with Gasteiger partial charge >= 0.3 is 0 Å². The average molecular weight is 565 g/mol. The van der Waals surface area contributed by atoms with Crippen LogP contribution in [0.4, 0.5) is 14.5 Å². The van der Waals surface area contributed by atoms with Gasteiger partial charge in [-0.15, -0.1) is 0 Å². The SMILES string of the molecule is C[C@H]1[C@H](C)N(c2cccc(Cl)c2)CCN1C(=O)c1ccc(S(=O)CC(=O)c2ccc(F)cc2F)c(Cl)c1. The highest BCUT2D eigenvalue weighted by Gasteiger charge is 2.34. The smallest absolute Gasteiger partial charge is 0.254 e.